The van der Waals surface area contributed by atoms with Crippen LogP contribution < -0.4 is 0 Å². The maximum Gasteiger partial charge on any atom is 0.352 e. The number of aromatic amines is 1. The molecule has 1 aliphatic carbocycles. The predicted molar refractivity (Wildman–Crippen MR) is 45.1 cm³/mol. The first-order valence-corrected chi connectivity index (χ1v) is 3.89. The molecule has 3 heteroatoms. The Kier molecular flexibility index (Phi) is 1.50. The van der Waals surface area contributed by atoms with Crippen LogP contribution in [0, 0.1) is 0 Å². The Morgan fingerprint density at radius 2 is 2.42 bits per heavy atom. The van der Waals surface area contributed by atoms with Crippen LogP contribution in [0.25, 0.3) is 6.08 Å². The number of carboxylic acids is 1. The lowest BCUT2D eigenvalue weighted by molar-refractivity contribution is 0.0691. The van der Waals surface area contributed by atoms with E-state index in [9.17, 15) is 4.79 Å². The molecule has 2 rings (SSSR count). The Balaban J connectivity index is 2.46. The number of fused-ring (bicyclic) bond motifs is 1. The summed E-state index contributed by atoms with van der Waals surface area (Å²) in [6.07, 6.45) is 5.93. The van der Waals surface area contributed by atoms with Crippen molar-refractivity contribution in [2.45, 2.75) is 12.8 Å². The first-order chi connectivity index (χ1) is 5.77. The van der Waals surface area contributed by atoms with E-state index in [1.165, 1.54) is 0 Å². The van der Waals surface area contributed by atoms with Gasteiger partial charge < -0.3 is 10.1 Å². The zero-order chi connectivity index (χ0) is 8.55. The van der Waals surface area contributed by atoms with Gasteiger partial charge in [0.25, 0.3) is 0 Å². The van der Waals surface area contributed by atoms with Crippen molar-refractivity contribution in [3.63, 3.8) is 0 Å². The van der Waals surface area contributed by atoms with Crippen molar-refractivity contribution in [1.82, 2.24) is 4.98 Å². The number of hydrogen-bond acceptors (Lipinski definition) is 1. The third-order valence-electron chi connectivity index (χ3n) is 2.03. The molecule has 1 aromatic heterocycles. The monoisotopic (exact) mass is 163 g/mol. The molecule has 0 aliphatic heterocycles. The largest absolute Gasteiger partial charge is 0.477 e. The number of carboxylic acid groups (broad SMARTS) is 1. The van der Waals surface area contributed by atoms with Crippen molar-refractivity contribution < 1.29 is 9.90 Å². The molecule has 0 saturated carbocycles. The van der Waals surface area contributed by atoms with E-state index in [0.717, 1.165) is 24.1 Å². The number of aromatic nitrogens is 1. The average molecular weight is 163 g/mol. The molecule has 1 aromatic rings. The highest BCUT2D eigenvalue weighted by Crippen LogP contribution is 2.19. The van der Waals surface area contributed by atoms with Gasteiger partial charge in [-0.15, -0.1) is 0 Å². The summed E-state index contributed by atoms with van der Waals surface area (Å²) in [6.45, 7) is 0. The molecule has 62 valence electrons. The Hall–Kier alpha value is -1.51. The Morgan fingerprint density at radius 1 is 1.58 bits per heavy atom. The van der Waals surface area contributed by atoms with Gasteiger partial charge in [0.1, 0.15) is 5.69 Å². The number of H-pyrrole nitrogens is 1. The molecule has 12 heavy (non-hydrogen) atoms. The van der Waals surface area contributed by atoms with Crippen molar-refractivity contribution in [2.75, 3.05) is 0 Å². The molecule has 0 bridgehead atoms. The lowest BCUT2D eigenvalue weighted by atomic mass is 10.0. The lowest BCUT2D eigenvalue weighted by Crippen LogP contribution is -1.95. The standard InChI is InChI=1S/C9H9NO2/c11-9(12)8-5-6-3-1-2-4-7(6)10-8/h2,4-5,10H,1,3H2,(H,11,12). The summed E-state index contributed by atoms with van der Waals surface area (Å²) >= 11 is 0. The zero-order valence-corrected chi connectivity index (χ0v) is 6.50. The van der Waals surface area contributed by atoms with Gasteiger partial charge >= 0.3 is 5.97 Å². The summed E-state index contributed by atoms with van der Waals surface area (Å²) in [5.74, 6) is -0.891. The molecule has 2 N–H and O–H groups in total. The fraction of sp³-hybridized carbons (Fsp3) is 0.222. The molecule has 0 fully saturated rings. The number of aryl methyl sites for hydroxylation is 1. The number of aromatic carboxylic acids is 1. The SMILES string of the molecule is O=C(O)c1cc2c([nH]1)C=CCC2. The third-order valence-corrected chi connectivity index (χ3v) is 2.03. The average Bonchev–Trinajstić information content (AvgIpc) is 2.46. The summed E-state index contributed by atoms with van der Waals surface area (Å²) in [7, 11) is 0. The van der Waals surface area contributed by atoms with Gasteiger partial charge in [-0.1, -0.05) is 6.08 Å². The zero-order valence-electron chi connectivity index (χ0n) is 6.50. The van der Waals surface area contributed by atoms with Gasteiger partial charge in [0, 0.05) is 5.69 Å². The molecule has 0 atom stereocenters. The number of nitrogens with one attached hydrogen (secondary N) is 1. The van der Waals surface area contributed by atoms with Gasteiger partial charge in [0.05, 0.1) is 0 Å². The minimum atomic E-state index is -0.891. The van der Waals surface area contributed by atoms with E-state index < -0.39 is 5.97 Å². The summed E-state index contributed by atoms with van der Waals surface area (Å²) < 4.78 is 0. The Morgan fingerprint density at radius 3 is 3.08 bits per heavy atom. The van der Waals surface area contributed by atoms with E-state index in [2.05, 4.69) is 4.98 Å². The Labute approximate surface area is 69.7 Å². The van der Waals surface area contributed by atoms with Crippen LogP contribution in [0.5, 0.6) is 0 Å². The van der Waals surface area contributed by atoms with E-state index in [4.69, 9.17) is 5.11 Å². The first-order valence-electron chi connectivity index (χ1n) is 3.89. The van der Waals surface area contributed by atoms with Gasteiger partial charge in [-0.05, 0) is 30.5 Å². The predicted octanol–water partition coefficient (Wildman–Crippen LogP) is 1.67. The van der Waals surface area contributed by atoms with E-state index in [-0.39, 0.29) is 5.69 Å². The second-order valence-electron chi connectivity index (χ2n) is 2.87. The van der Waals surface area contributed by atoms with Crippen molar-refractivity contribution >= 4 is 12.0 Å². The quantitative estimate of drug-likeness (QED) is 0.661. The number of rotatable bonds is 1. The fourth-order valence-electron chi connectivity index (χ4n) is 1.42. The second-order valence-corrected chi connectivity index (χ2v) is 2.87. The molecule has 1 aliphatic rings. The van der Waals surface area contributed by atoms with Gasteiger partial charge in [-0.25, -0.2) is 4.79 Å². The van der Waals surface area contributed by atoms with E-state index >= 15 is 0 Å². The topological polar surface area (TPSA) is 53.1 Å². The van der Waals surface area contributed by atoms with Crippen molar-refractivity contribution in [1.29, 1.82) is 0 Å². The van der Waals surface area contributed by atoms with Crippen LogP contribution in [0.3, 0.4) is 0 Å². The molecule has 0 unspecified atom stereocenters. The molecule has 3 nitrogen and oxygen atoms in total. The number of carbonyl (C=O) groups is 1. The van der Waals surface area contributed by atoms with Crippen molar-refractivity contribution in [2.24, 2.45) is 0 Å². The highest BCUT2D eigenvalue weighted by Gasteiger charge is 2.12. The highest BCUT2D eigenvalue weighted by molar-refractivity contribution is 5.86. The highest BCUT2D eigenvalue weighted by atomic mass is 16.4. The summed E-state index contributed by atoms with van der Waals surface area (Å²) in [6, 6.07) is 1.71. The molecule has 0 amide bonds. The van der Waals surface area contributed by atoms with Crippen molar-refractivity contribution in [3.05, 3.63) is 29.1 Å². The summed E-state index contributed by atoms with van der Waals surface area (Å²) in [5, 5.41) is 8.68. The van der Waals surface area contributed by atoms with Gasteiger partial charge in [0.15, 0.2) is 0 Å². The number of hydrogen-bond donors (Lipinski definition) is 2. The van der Waals surface area contributed by atoms with Crippen LogP contribution in [0.2, 0.25) is 0 Å². The number of allylic oxidation sites excluding steroid dienone is 1. The van der Waals surface area contributed by atoms with Crippen LogP contribution in [0.15, 0.2) is 12.1 Å². The molecule has 0 saturated heterocycles. The normalized spacial score (nSPS) is 14.3. The van der Waals surface area contributed by atoms with Gasteiger partial charge in [-0.2, -0.15) is 0 Å². The smallest absolute Gasteiger partial charge is 0.352 e. The van der Waals surface area contributed by atoms with Crippen LogP contribution in [-0.4, -0.2) is 16.1 Å². The summed E-state index contributed by atoms with van der Waals surface area (Å²) in [5.41, 5.74) is 2.33. The molecule has 0 spiro atoms. The van der Waals surface area contributed by atoms with E-state index in [1.807, 2.05) is 12.2 Å². The first kappa shape index (κ1) is 7.16. The maximum atomic E-state index is 10.6. The Bertz CT molecular complexity index is 349. The van der Waals surface area contributed by atoms with Crippen molar-refractivity contribution in [3.8, 4) is 0 Å². The molecule has 0 aromatic carbocycles. The molecular formula is C9H9NO2. The van der Waals surface area contributed by atoms with Crippen LogP contribution in [0.4, 0.5) is 0 Å². The van der Waals surface area contributed by atoms with E-state index in [0.29, 0.717) is 0 Å². The molecular weight excluding hydrogens is 154 g/mol. The van der Waals surface area contributed by atoms with E-state index in [1.54, 1.807) is 6.07 Å². The van der Waals surface area contributed by atoms with Crippen LogP contribution in [-0.2, 0) is 6.42 Å². The maximum absolute atomic E-state index is 10.6. The van der Waals surface area contributed by atoms with Crippen LogP contribution in [0.1, 0.15) is 28.2 Å². The molecule has 1 heterocycles. The fourth-order valence-corrected chi connectivity index (χ4v) is 1.42. The second kappa shape index (κ2) is 2.52. The van der Waals surface area contributed by atoms with Gasteiger partial charge in [0.2, 0.25) is 0 Å². The van der Waals surface area contributed by atoms with Crippen LogP contribution >= 0.6 is 0 Å². The minimum absolute atomic E-state index is 0.284. The lowest BCUT2D eigenvalue weighted by Gasteiger charge is -2.01. The minimum Gasteiger partial charge on any atom is -0.477 e. The van der Waals surface area contributed by atoms with Gasteiger partial charge in [-0.3, -0.25) is 0 Å². The third kappa shape index (κ3) is 1.03. The summed E-state index contributed by atoms with van der Waals surface area (Å²) in [4.78, 5) is 13.4. The molecule has 0 radical (unpaired) electrons.